The van der Waals surface area contributed by atoms with Gasteiger partial charge in [0.1, 0.15) is 17.4 Å². The van der Waals surface area contributed by atoms with Crippen LogP contribution in [0.1, 0.15) is 24.4 Å². The van der Waals surface area contributed by atoms with E-state index in [2.05, 4.69) is 5.32 Å². The van der Waals surface area contributed by atoms with Gasteiger partial charge in [0.05, 0.1) is 18.6 Å². The lowest BCUT2D eigenvalue weighted by molar-refractivity contribution is -0.127. The summed E-state index contributed by atoms with van der Waals surface area (Å²) in [6, 6.07) is 10.3. The molecule has 0 unspecified atom stereocenters. The smallest absolute Gasteiger partial charge is 0.227 e. The number of benzene rings is 2. The fraction of sp³-hybridized carbons (Fsp3) is 0.300. The van der Waals surface area contributed by atoms with Crippen LogP contribution in [0.2, 0.25) is 0 Å². The van der Waals surface area contributed by atoms with Gasteiger partial charge in [0.25, 0.3) is 0 Å². The minimum Gasteiger partial charge on any atom is -0.493 e. The molecule has 2 amide bonds. The summed E-state index contributed by atoms with van der Waals surface area (Å²) in [7, 11) is 0. The summed E-state index contributed by atoms with van der Waals surface area (Å²) < 4.78 is 32.5. The van der Waals surface area contributed by atoms with Gasteiger partial charge in [0.2, 0.25) is 11.8 Å². The summed E-state index contributed by atoms with van der Waals surface area (Å²) >= 11 is 0. The number of ether oxygens (including phenoxy) is 1. The third-order valence-electron chi connectivity index (χ3n) is 4.93. The summed E-state index contributed by atoms with van der Waals surface area (Å²) in [5, 5.41) is 2.99. The Kier molecular flexibility index (Phi) is 4.51. The number of nitrogens with one attached hydrogen (secondary N) is 1. The lowest BCUT2D eigenvalue weighted by atomic mass is 9.99. The minimum absolute atomic E-state index is 0.00876. The largest absolute Gasteiger partial charge is 0.493 e. The maximum atomic E-state index is 13.4. The Balaban J connectivity index is 1.47. The topological polar surface area (TPSA) is 58.6 Å². The van der Waals surface area contributed by atoms with E-state index in [1.807, 2.05) is 24.3 Å². The SMILES string of the molecule is O=C(N[C@@H]1CCOc2ccccc21)[C@H]1CC(=O)N(c2cc(F)cc(F)c2)C1. The average molecular weight is 372 g/mol. The van der Waals surface area contributed by atoms with Crippen molar-refractivity contribution < 1.29 is 23.1 Å². The van der Waals surface area contributed by atoms with Gasteiger partial charge in [-0.15, -0.1) is 0 Å². The van der Waals surface area contributed by atoms with Crippen molar-refractivity contribution in [2.24, 2.45) is 5.92 Å². The van der Waals surface area contributed by atoms with Gasteiger partial charge in [0.15, 0.2) is 0 Å². The van der Waals surface area contributed by atoms with Crippen LogP contribution in [0.3, 0.4) is 0 Å². The summed E-state index contributed by atoms with van der Waals surface area (Å²) in [6.07, 6.45) is 0.650. The van der Waals surface area contributed by atoms with Gasteiger partial charge in [-0.1, -0.05) is 18.2 Å². The van der Waals surface area contributed by atoms with Crippen molar-refractivity contribution in [2.45, 2.75) is 18.9 Å². The quantitative estimate of drug-likeness (QED) is 0.901. The van der Waals surface area contributed by atoms with Crippen molar-refractivity contribution in [1.29, 1.82) is 0 Å². The Morgan fingerprint density at radius 2 is 1.89 bits per heavy atom. The van der Waals surface area contributed by atoms with Crippen LogP contribution in [0.15, 0.2) is 42.5 Å². The van der Waals surface area contributed by atoms with E-state index in [0.29, 0.717) is 13.0 Å². The normalized spacial score (nSPS) is 21.6. The molecule has 0 spiro atoms. The van der Waals surface area contributed by atoms with Crippen LogP contribution < -0.4 is 15.0 Å². The highest BCUT2D eigenvalue weighted by atomic mass is 19.1. The predicted molar refractivity (Wildman–Crippen MR) is 94.3 cm³/mol. The number of halogens is 2. The Hall–Kier alpha value is -2.96. The Labute approximate surface area is 154 Å². The molecule has 2 aliphatic heterocycles. The van der Waals surface area contributed by atoms with E-state index in [1.165, 1.54) is 4.90 Å². The zero-order valence-corrected chi connectivity index (χ0v) is 14.5. The van der Waals surface area contributed by atoms with Crippen molar-refractivity contribution >= 4 is 17.5 Å². The average Bonchev–Trinajstić information content (AvgIpc) is 3.03. The van der Waals surface area contributed by atoms with Crippen LogP contribution in [-0.4, -0.2) is 25.0 Å². The first kappa shape index (κ1) is 17.5. The van der Waals surface area contributed by atoms with Crippen LogP contribution in [0.5, 0.6) is 5.75 Å². The molecular weight excluding hydrogens is 354 g/mol. The van der Waals surface area contributed by atoms with Gasteiger partial charge in [-0.3, -0.25) is 9.59 Å². The highest BCUT2D eigenvalue weighted by molar-refractivity contribution is 6.00. The number of rotatable bonds is 3. The molecule has 7 heteroatoms. The molecule has 2 atom stereocenters. The van der Waals surface area contributed by atoms with Crippen LogP contribution >= 0.6 is 0 Å². The molecule has 1 N–H and O–H groups in total. The zero-order valence-electron chi connectivity index (χ0n) is 14.5. The summed E-state index contributed by atoms with van der Waals surface area (Å²) in [6.45, 7) is 0.596. The van der Waals surface area contributed by atoms with Crippen LogP contribution in [-0.2, 0) is 9.59 Å². The molecule has 2 aromatic rings. The van der Waals surface area contributed by atoms with Crippen molar-refractivity contribution in [2.75, 3.05) is 18.1 Å². The number of anilines is 1. The molecule has 1 saturated heterocycles. The summed E-state index contributed by atoms with van der Waals surface area (Å²) in [5.41, 5.74) is 1.04. The van der Waals surface area contributed by atoms with E-state index >= 15 is 0 Å². The molecule has 2 aliphatic rings. The Morgan fingerprint density at radius 1 is 1.15 bits per heavy atom. The maximum absolute atomic E-state index is 13.4. The number of carbonyl (C=O) groups is 2. The fourth-order valence-corrected chi connectivity index (χ4v) is 3.61. The molecule has 0 aliphatic carbocycles. The summed E-state index contributed by atoms with van der Waals surface area (Å²) in [5.74, 6) is -1.92. The van der Waals surface area contributed by atoms with Gasteiger partial charge in [-0.05, 0) is 18.2 Å². The first-order valence-electron chi connectivity index (χ1n) is 8.80. The van der Waals surface area contributed by atoms with Crippen LogP contribution in [0.25, 0.3) is 0 Å². The third kappa shape index (κ3) is 3.49. The Morgan fingerprint density at radius 3 is 2.67 bits per heavy atom. The molecule has 0 aromatic heterocycles. The van der Waals surface area contributed by atoms with Gasteiger partial charge >= 0.3 is 0 Å². The van der Waals surface area contributed by atoms with Crippen molar-refractivity contribution in [1.82, 2.24) is 5.32 Å². The molecule has 2 heterocycles. The van der Waals surface area contributed by atoms with E-state index in [4.69, 9.17) is 4.74 Å². The standard InChI is InChI=1S/C20H18F2N2O3/c21-13-8-14(22)10-15(9-13)24-11-12(7-19(24)25)20(26)23-17-5-6-27-18-4-2-1-3-16(17)18/h1-4,8-10,12,17H,5-7,11H2,(H,23,26)/t12-,17+/m0/s1. The van der Waals surface area contributed by atoms with E-state index in [1.54, 1.807) is 0 Å². The fourth-order valence-electron chi connectivity index (χ4n) is 3.61. The molecule has 0 bridgehead atoms. The summed E-state index contributed by atoms with van der Waals surface area (Å²) in [4.78, 5) is 26.2. The first-order chi connectivity index (χ1) is 13.0. The molecule has 4 rings (SSSR count). The Bertz CT molecular complexity index is 882. The highest BCUT2D eigenvalue weighted by Gasteiger charge is 2.36. The lowest BCUT2D eigenvalue weighted by Gasteiger charge is -2.27. The molecule has 5 nitrogen and oxygen atoms in total. The van der Waals surface area contributed by atoms with Gasteiger partial charge in [-0.25, -0.2) is 8.78 Å². The number of nitrogens with zero attached hydrogens (tertiary/aromatic N) is 1. The number of para-hydroxylation sites is 1. The van der Waals surface area contributed by atoms with Gasteiger partial charge < -0.3 is 15.0 Å². The second kappa shape index (κ2) is 6.98. The predicted octanol–water partition coefficient (Wildman–Crippen LogP) is 2.96. The molecule has 27 heavy (non-hydrogen) atoms. The number of carbonyl (C=O) groups excluding carboxylic acids is 2. The highest BCUT2D eigenvalue weighted by Crippen LogP contribution is 2.33. The van der Waals surface area contributed by atoms with E-state index in [-0.39, 0.29) is 36.5 Å². The van der Waals surface area contributed by atoms with E-state index < -0.39 is 17.6 Å². The molecule has 140 valence electrons. The second-order valence-electron chi connectivity index (χ2n) is 6.77. The third-order valence-corrected chi connectivity index (χ3v) is 4.93. The molecule has 2 aromatic carbocycles. The molecule has 0 saturated carbocycles. The molecule has 0 radical (unpaired) electrons. The van der Waals surface area contributed by atoms with E-state index in [9.17, 15) is 18.4 Å². The van der Waals surface area contributed by atoms with Crippen molar-refractivity contribution in [3.8, 4) is 5.75 Å². The first-order valence-corrected chi connectivity index (χ1v) is 8.80. The van der Waals surface area contributed by atoms with Crippen LogP contribution in [0.4, 0.5) is 14.5 Å². The lowest BCUT2D eigenvalue weighted by Crippen LogP contribution is -2.37. The number of fused-ring (bicyclic) bond motifs is 1. The minimum atomic E-state index is -0.760. The van der Waals surface area contributed by atoms with Gasteiger partial charge in [-0.2, -0.15) is 0 Å². The molecule has 1 fully saturated rings. The van der Waals surface area contributed by atoms with Crippen molar-refractivity contribution in [3.05, 3.63) is 59.7 Å². The van der Waals surface area contributed by atoms with Gasteiger partial charge in [0, 0.05) is 36.7 Å². The van der Waals surface area contributed by atoms with E-state index in [0.717, 1.165) is 29.5 Å². The number of hydrogen-bond acceptors (Lipinski definition) is 3. The number of hydrogen-bond donors (Lipinski definition) is 1. The van der Waals surface area contributed by atoms with Crippen LogP contribution in [0, 0.1) is 17.6 Å². The number of amides is 2. The second-order valence-corrected chi connectivity index (χ2v) is 6.77. The zero-order chi connectivity index (χ0) is 19.0. The maximum Gasteiger partial charge on any atom is 0.227 e. The molecular formula is C20H18F2N2O3. The van der Waals surface area contributed by atoms with Crippen molar-refractivity contribution in [3.63, 3.8) is 0 Å². The monoisotopic (exact) mass is 372 g/mol.